The number of nitrogens with zero attached hydrogens (tertiary/aromatic N) is 4. The first-order chi connectivity index (χ1) is 10.1. The Morgan fingerprint density at radius 3 is 3.05 bits per heavy atom. The van der Waals surface area contributed by atoms with Gasteiger partial charge in [0.05, 0.1) is 12.3 Å². The standard InChI is InChI=1S/C12H15IN6OS/c1-8-6-9(13)2-3-10(8)15-11(20)7-21-12-16-17-18-19(12)5-4-14/h2-3,6H,4-5,7,14H2,1H3,(H,15,20). The third-order valence-electron chi connectivity index (χ3n) is 2.63. The smallest absolute Gasteiger partial charge is 0.234 e. The molecule has 1 aromatic carbocycles. The number of amides is 1. The molecule has 0 bridgehead atoms. The number of nitrogens with two attached hydrogens (primary N) is 1. The topological polar surface area (TPSA) is 98.7 Å². The average molecular weight is 418 g/mol. The number of benzene rings is 1. The Morgan fingerprint density at radius 1 is 1.52 bits per heavy atom. The molecule has 0 spiro atoms. The maximum Gasteiger partial charge on any atom is 0.234 e. The SMILES string of the molecule is Cc1cc(I)ccc1NC(=O)CSc1nnnn1CCN. The van der Waals surface area contributed by atoms with Crippen molar-refractivity contribution in [3.05, 3.63) is 27.3 Å². The van der Waals surface area contributed by atoms with Crippen LogP contribution in [0.4, 0.5) is 5.69 Å². The highest BCUT2D eigenvalue weighted by molar-refractivity contribution is 14.1. The van der Waals surface area contributed by atoms with Gasteiger partial charge in [0.15, 0.2) is 0 Å². The van der Waals surface area contributed by atoms with Crippen LogP contribution in [-0.2, 0) is 11.3 Å². The van der Waals surface area contributed by atoms with Crippen molar-refractivity contribution in [3.63, 3.8) is 0 Å². The molecule has 0 saturated heterocycles. The second-order valence-electron chi connectivity index (χ2n) is 4.27. The summed E-state index contributed by atoms with van der Waals surface area (Å²) in [5.41, 5.74) is 7.33. The van der Waals surface area contributed by atoms with Crippen LogP contribution in [0.1, 0.15) is 5.56 Å². The zero-order valence-electron chi connectivity index (χ0n) is 11.4. The van der Waals surface area contributed by atoms with Crippen LogP contribution in [0.15, 0.2) is 23.4 Å². The molecular formula is C12H15IN6OS. The van der Waals surface area contributed by atoms with Gasteiger partial charge in [-0.2, -0.15) is 0 Å². The van der Waals surface area contributed by atoms with Gasteiger partial charge in [0.2, 0.25) is 11.1 Å². The highest BCUT2D eigenvalue weighted by Gasteiger charge is 2.10. The number of thioether (sulfide) groups is 1. The minimum Gasteiger partial charge on any atom is -0.329 e. The third kappa shape index (κ3) is 4.64. The van der Waals surface area contributed by atoms with Gasteiger partial charge < -0.3 is 11.1 Å². The first kappa shape index (κ1) is 16.2. The predicted octanol–water partition coefficient (Wildman–Crippen LogP) is 1.28. The maximum absolute atomic E-state index is 12.0. The molecule has 2 rings (SSSR count). The number of carbonyl (C=O) groups excluding carboxylic acids is 1. The van der Waals surface area contributed by atoms with Gasteiger partial charge in [0.1, 0.15) is 0 Å². The average Bonchev–Trinajstić information content (AvgIpc) is 2.88. The fourth-order valence-electron chi connectivity index (χ4n) is 1.65. The lowest BCUT2D eigenvalue weighted by molar-refractivity contribution is -0.113. The van der Waals surface area contributed by atoms with E-state index in [4.69, 9.17) is 5.73 Å². The number of tetrazole rings is 1. The van der Waals surface area contributed by atoms with Gasteiger partial charge in [-0.15, -0.1) is 5.10 Å². The second kappa shape index (κ2) is 7.71. The molecule has 3 N–H and O–H groups in total. The van der Waals surface area contributed by atoms with Crippen LogP contribution >= 0.6 is 34.4 Å². The van der Waals surface area contributed by atoms with Crippen LogP contribution in [0.3, 0.4) is 0 Å². The Labute approximate surface area is 140 Å². The lowest BCUT2D eigenvalue weighted by Gasteiger charge is -2.08. The van der Waals surface area contributed by atoms with Crippen LogP contribution in [0.25, 0.3) is 0 Å². The summed E-state index contributed by atoms with van der Waals surface area (Å²) in [6, 6.07) is 5.88. The number of rotatable bonds is 6. The van der Waals surface area contributed by atoms with Gasteiger partial charge in [-0.25, -0.2) is 4.68 Å². The van der Waals surface area contributed by atoms with E-state index in [1.807, 2.05) is 25.1 Å². The molecule has 0 atom stereocenters. The van der Waals surface area contributed by atoms with Gasteiger partial charge in [-0.05, 0) is 63.7 Å². The van der Waals surface area contributed by atoms with E-state index in [-0.39, 0.29) is 11.7 Å². The van der Waals surface area contributed by atoms with Crippen molar-refractivity contribution in [2.24, 2.45) is 5.73 Å². The lowest BCUT2D eigenvalue weighted by atomic mass is 10.2. The summed E-state index contributed by atoms with van der Waals surface area (Å²) in [6.45, 7) is 2.95. The van der Waals surface area contributed by atoms with Crippen molar-refractivity contribution in [2.75, 3.05) is 17.6 Å². The highest BCUT2D eigenvalue weighted by atomic mass is 127. The van der Waals surface area contributed by atoms with E-state index in [2.05, 4.69) is 43.4 Å². The van der Waals surface area contributed by atoms with Crippen LogP contribution in [0, 0.1) is 10.5 Å². The molecule has 21 heavy (non-hydrogen) atoms. The lowest BCUT2D eigenvalue weighted by Crippen LogP contribution is -2.16. The Bertz CT molecular complexity index is 632. The second-order valence-corrected chi connectivity index (χ2v) is 6.46. The highest BCUT2D eigenvalue weighted by Crippen LogP contribution is 2.19. The van der Waals surface area contributed by atoms with Gasteiger partial charge in [0, 0.05) is 15.8 Å². The van der Waals surface area contributed by atoms with Gasteiger partial charge in [-0.1, -0.05) is 11.8 Å². The van der Waals surface area contributed by atoms with E-state index in [1.165, 1.54) is 11.8 Å². The number of carbonyl (C=O) groups is 1. The minimum atomic E-state index is -0.0911. The Morgan fingerprint density at radius 2 is 2.33 bits per heavy atom. The summed E-state index contributed by atoms with van der Waals surface area (Å²) in [5, 5.41) is 14.7. The summed E-state index contributed by atoms with van der Waals surface area (Å²) in [6.07, 6.45) is 0. The molecule has 2 aromatic rings. The number of aryl methyl sites for hydroxylation is 1. The Hall–Kier alpha value is -1.20. The molecule has 1 heterocycles. The molecule has 1 aromatic heterocycles. The summed E-state index contributed by atoms with van der Waals surface area (Å²) in [4.78, 5) is 12.0. The van der Waals surface area contributed by atoms with Crippen LogP contribution < -0.4 is 11.1 Å². The molecule has 0 aliphatic rings. The van der Waals surface area contributed by atoms with E-state index >= 15 is 0 Å². The zero-order chi connectivity index (χ0) is 15.2. The van der Waals surface area contributed by atoms with Crippen molar-refractivity contribution in [2.45, 2.75) is 18.6 Å². The Balaban J connectivity index is 1.91. The molecule has 9 heteroatoms. The number of hydrogen-bond donors (Lipinski definition) is 2. The van der Waals surface area contributed by atoms with Crippen LogP contribution in [0.5, 0.6) is 0 Å². The van der Waals surface area contributed by atoms with Gasteiger partial charge >= 0.3 is 0 Å². The molecule has 1 amide bonds. The number of anilines is 1. The van der Waals surface area contributed by atoms with E-state index in [0.717, 1.165) is 14.8 Å². The zero-order valence-corrected chi connectivity index (χ0v) is 14.4. The molecule has 112 valence electrons. The van der Waals surface area contributed by atoms with E-state index in [9.17, 15) is 4.79 Å². The molecule has 0 fully saturated rings. The van der Waals surface area contributed by atoms with Crippen molar-refractivity contribution in [1.82, 2.24) is 20.2 Å². The normalized spacial score (nSPS) is 10.6. The number of aromatic nitrogens is 4. The fourth-order valence-corrected chi connectivity index (χ4v) is 3.00. The molecule has 0 aliphatic carbocycles. The predicted molar refractivity (Wildman–Crippen MR) is 90.1 cm³/mol. The van der Waals surface area contributed by atoms with Crippen molar-refractivity contribution in [1.29, 1.82) is 0 Å². The molecular weight excluding hydrogens is 403 g/mol. The number of hydrogen-bond acceptors (Lipinski definition) is 6. The molecule has 0 unspecified atom stereocenters. The van der Waals surface area contributed by atoms with E-state index in [1.54, 1.807) is 4.68 Å². The van der Waals surface area contributed by atoms with Crippen molar-refractivity contribution in [3.8, 4) is 0 Å². The van der Waals surface area contributed by atoms with E-state index < -0.39 is 0 Å². The monoisotopic (exact) mass is 418 g/mol. The van der Waals surface area contributed by atoms with Crippen molar-refractivity contribution < 1.29 is 4.79 Å². The summed E-state index contributed by atoms with van der Waals surface area (Å²) in [7, 11) is 0. The van der Waals surface area contributed by atoms with Gasteiger partial charge in [0.25, 0.3) is 0 Å². The summed E-state index contributed by atoms with van der Waals surface area (Å²) in [5.74, 6) is 0.155. The van der Waals surface area contributed by atoms with Gasteiger partial charge in [-0.3, -0.25) is 4.79 Å². The summed E-state index contributed by atoms with van der Waals surface area (Å²) < 4.78 is 2.73. The first-order valence-corrected chi connectivity index (χ1v) is 8.31. The van der Waals surface area contributed by atoms with Crippen molar-refractivity contribution >= 4 is 45.9 Å². The molecule has 7 nitrogen and oxygen atoms in total. The molecule has 0 saturated carbocycles. The Kier molecular flexibility index (Phi) is 5.94. The number of halogens is 1. The molecule has 0 radical (unpaired) electrons. The van der Waals surface area contributed by atoms with Crippen LogP contribution in [-0.4, -0.2) is 38.4 Å². The fraction of sp³-hybridized carbons (Fsp3) is 0.333. The maximum atomic E-state index is 12.0. The quantitative estimate of drug-likeness (QED) is 0.542. The van der Waals surface area contributed by atoms with E-state index in [0.29, 0.717) is 18.2 Å². The largest absolute Gasteiger partial charge is 0.329 e. The van der Waals surface area contributed by atoms with Crippen LogP contribution in [0.2, 0.25) is 0 Å². The first-order valence-electron chi connectivity index (χ1n) is 6.25. The summed E-state index contributed by atoms with van der Waals surface area (Å²) >= 11 is 3.53. The minimum absolute atomic E-state index is 0.0911. The third-order valence-corrected chi connectivity index (χ3v) is 4.26. The molecule has 0 aliphatic heterocycles. The number of nitrogens with one attached hydrogen (secondary N) is 1.